The second-order valence-corrected chi connectivity index (χ2v) is 8.03. The third-order valence-electron chi connectivity index (χ3n) is 5.69. The molecule has 0 fully saturated rings. The molecular formula is C24H20F7NO2. The summed E-state index contributed by atoms with van der Waals surface area (Å²) >= 11 is 0. The molecule has 2 aliphatic rings. The Morgan fingerprint density at radius 2 is 1.74 bits per heavy atom. The predicted molar refractivity (Wildman–Crippen MR) is 112 cm³/mol. The van der Waals surface area contributed by atoms with Crippen molar-refractivity contribution in [1.29, 1.82) is 0 Å². The second-order valence-electron chi connectivity index (χ2n) is 8.03. The number of hydrogen-bond acceptors (Lipinski definition) is 3. The minimum atomic E-state index is -4.80. The predicted octanol–water partition coefficient (Wildman–Crippen LogP) is 7.31. The minimum Gasteiger partial charge on any atom is -0.429 e. The van der Waals surface area contributed by atoms with Crippen molar-refractivity contribution < 1.29 is 40.2 Å². The maximum atomic E-state index is 13.3. The zero-order valence-corrected chi connectivity index (χ0v) is 17.6. The molecule has 4 rings (SSSR count). The smallest absolute Gasteiger partial charge is 0.429 e. The largest absolute Gasteiger partial charge is 0.573 e. The topological polar surface area (TPSA) is 30.5 Å². The van der Waals surface area contributed by atoms with Crippen LogP contribution in [0.1, 0.15) is 18.4 Å². The molecule has 0 saturated carbocycles. The average molecular weight is 487 g/mol. The highest BCUT2D eigenvalue weighted by molar-refractivity contribution is 5.75. The van der Waals surface area contributed by atoms with Crippen LogP contribution in [-0.4, -0.2) is 24.9 Å². The zero-order valence-electron chi connectivity index (χ0n) is 17.6. The van der Waals surface area contributed by atoms with Gasteiger partial charge in [0, 0.05) is 17.6 Å². The Kier molecular flexibility index (Phi) is 6.51. The SMILES string of the molecule is FC(F)C(F)(F)OC1=CC([C@H]2CCc3c(cccc3-c3cccc(OC(F)(F)F)c3)N2)CC=C1. The molecule has 0 aromatic heterocycles. The van der Waals surface area contributed by atoms with Gasteiger partial charge < -0.3 is 14.8 Å². The lowest BCUT2D eigenvalue weighted by molar-refractivity contribution is -0.280. The molecule has 0 radical (unpaired) electrons. The van der Waals surface area contributed by atoms with Gasteiger partial charge in [0.2, 0.25) is 0 Å². The normalized spacial score (nSPS) is 20.4. The second kappa shape index (κ2) is 9.23. The molecule has 0 bridgehead atoms. The van der Waals surface area contributed by atoms with Gasteiger partial charge in [0.15, 0.2) is 0 Å². The maximum absolute atomic E-state index is 13.3. The lowest BCUT2D eigenvalue weighted by Gasteiger charge is -2.34. The lowest BCUT2D eigenvalue weighted by Crippen LogP contribution is -2.34. The van der Waals surface area contributed by atoms with Gasteiger partial charge in [-0.2, -0.15) is 17.6 Å². The Morgan fingerprint density at radius 3 is 2.47 bits per heavy atom. The molecule has 0 spiro atoms. The fourth-order valence-electron chi connectivity index (χ4n) is 4.24. The first kappa shape index (κ1) is 24.0. The highest BCUT2D eigenvalue weighted by Crippen LogP contribution is 2.39. The first-order chi connectivity index (χ1) is 16.0. The number of hydrogen-bond donors (Lipinski definition) is 1. The zero-order chi connectivity index (χ0) is 24.5. The first-order valence-electron chi connectivity index (χ1n) is 10.5. The van der Waals surface area contributed by atoms with Gasteiger partial charge in [-0.05, 0) is 66.3 Å². The van der Waals surface area contributed by atoms with Crippen LogP contribution >= 0.6 is 0 Å². The van der Waals surface area contributed by atoms with Gasteiger partial charge >= 0.3 is 18.9 Å². The highest BCUT2D eigenvalue weighted by atomic mass is 19.4. The van der Waals surface area contributed by atoms with Crippen LogP contribution < -0.4 is 10.1 Å². The van der Waals surface area contributed by atoms with Gasteiger partial charge in [-0.3, -0.25) is 0 Å². The molecule has 1 N–H and O–H groups in total. The summed E-state index contributed by atoms with van der Waals surface area (Å²) < 4.78 is 97.5. The number of rotatable bonds is 6. The van der Waals surface area contributed by atoms with E-state index in [1.54, 1.807) is 24.3 Å². The van der Waals surface area contributed by atoms with E-state index in [4.69, 9.17) is 0 Å². The number of halogens is 7. The van der Waals surface area contributed by atoms with Gasteiger partial charge in [-0.25, -0.2) is 0 Å². The van der Waals surface area contributed by atoms with Crippen LogP contribution in [0.2, 0.25) is 0 Å². The molecule has 1 aliphatic heterocycles. The number of ether oxygens (including phenoxy) is 2. The molecule has 2 aromatic carbocycles. The summed E-state index contributed by atoms with van der Waals surface area (Å²) in [5, 5.41) is 3.35. The minimum absolute atomic E-state index is 0.175. The first-order valence-corrected chi connectivity index (χ1v) is 10.5. The fourth-order valence-corrected chi connectivity index (χ4v) is 4.24. The van der Waals surface area contributed by atoms with Crippen LogP contribution in [0, 0.1) is 5.92 Å². The van der Waals surface area contributed by atoms with Crippen LogP contribution in [0.5, 0.6) is 5.75 Å². The van der Waals surface area contributed by atoms with E-state index < -0.39 is 18.9 Å². The summed E-state index contributed by atoms with van der Waals surface area (Å²) in [4.78, 5) is 0. The Morgan fingerprint density at radius 1 is 0.971 bits per heavy atom. The molecule has 1 unspecified atom stereocenters. The maximum Gasteiger partial charge on any atom is 0.573 e. The van der Waals surface area contributed by atoms with Crippen molar-refractivity contribution >= 4 is 5.69 Å². The molecule has 10 heteroatoms. The van der Waals surface area contributed by atoms with Crippen molar-refractivity contribution in [3.8, 4) is 16.9 Å². The van der Waals surface area contributed by atoms with Gasteiger partial charge in [0.05, 0.1) is 0 Å². The molecular weight excluding hydrogens is 467 g/mol. The van der Waals surface area contributed by atoms with Crippen LogP contribution in [0.15, 0.2) is 66.5 Å². The number of benzene rings is 2. The van der Waals surface area contributed by atoms with Crippen LogP contribution in [0.4, 0.5) is 36.4 Å². The Bertz CT molecular complexity index is 1090. The van der Waals surface area contributed by atoms with Crippen LogP contribution in [-0.2, 0) is 11.2 Å². The molecule has 0 amide bonds. The van der Waals surface area contributed by atoms with Gasteiger partial charge in [0.25, 0.3) is 0 Å². The van der Waals surface area contributed by atoms with E-state index in [2.05, 4.69) is 14.8 Å². The van der Waals surface area contributed by atoms with E-state index in [9.17, 15) is 30.7 Å². The average Bonchev–Trinajstić information content (AvgIpc) is 2.77. The molecule has 182 valence electrons. The standard InChI is InChI=1S/C24H20F7NO2/c25-22(26)23(27,28)33-16-6-2-5-15(13-16)20-11-10-19-18(8-3-9-21(19)32-20)14-4-1-7-17(12-14)34-24(29,30)31/h1-4,6-9,12-13,15,20,22,32H,5,10-11H2/t15?,20-/m1/s1. The van der Waals surface area contributed by atoms with Crippen molar-refractivity contribution in [3.05, 3.63) is 72.0 Å². The summed E-state index contributed by atoms with van der Waals surface area (Å²) in [6, 6.07) is 10.9. The van der Waals surface area contributed by atoms with Crippen molar-refractivity contribution in [2.45, 2.75) is 44.2 Å². The van der Waals surface area contributed by atoms with Crippen LogP contribution in [0.25, 0.3) is 11.1 Å². The number of alkyl halides is 7. The molecule has 2 atom stereocenters. The molecule has 0 saturated heterocycles. The Labute approximate surface area is 190 Å². The Hall–Kier alpha value is -3.17. The molecule has 3 nitrogen and oxygen atoms in total. The number of nitrogens with one attached hydrogen (secondary N) is 1. The number of fused-ring (bicyclic) bond motifs is 1. The summed E-state index contributed by atoms with van der Waals surface area (Å²) in [5.74, 6) is -0.908. The number of allylic oxidation sites excluding steroid dienone is 2. The van der Waals surface area contributed by atoms with Gasteiger partial charge in [0.1, 0.15) is 11.5 Å². The quantitative estimate of drug-likeness (QED) is 0.434. The van der Waals surface area contributed by atoms with Crippen molar-refractivity contribution in [2.75, 3.05) is 5.32 Å². The van der Waals surface area contributed by atoms with Crippen LogP contribution in [0.3, 0.4) is 0 Å². The lowest BCUT2D eigenvalue weighted by atomic mass is 9.83. The molecule has 2 aromatic rings. The van der Waals surface area contributed by atoms with Crippen molar-refractivity contribution in [1.82, 2.24) is 0 Å². The third-order valence-corrected chi connectivity index (χ3v) is 5.69. The molecule has 34 heavy (non-hydrogen) atoms. The van der Waals surface area contributed by atoms with Crippen molar-refractivity contribution in [3.63, 3.8) is 0 Å². The van der Waals surface area contributed by atoms with E-state index in [0.29, 0.717) is 24.8 Å². The van der Waals surface area contributed by atoms with Crippen molar-refractivity contribution in [2.24, 2.45) is 5.92 Å². The van der Waals surface area contributed by atoms with E-state index >= 15 is 0 Å². The van der Waals surface area contributed by atoms with Gasteiger partial charge in [-0.1, -0.05) is 30.3 Å². The third kappa shape index (κ3) is 5.48. The monoisotopic (exact) mass is 487 g/mol. The summed E-state index contributed by atoms with van der Waals surface area (Å²) in [6.07, 6.45) is -7.38. The highest BCUT2D eigenvalue weighted by Gasteiger charge is 2.44. The molecule has 1 aliphatic carbocycles. The van der Waals surface area contributed by atoms with E-state index in [-0.39, 0.29) is 23.5 Å². The van der Waals surface area contributed by atoms with E-state index in [0.717, 1.165) is 16.8 Å². The van der Waals surface area contributed by atoms with E-state index in [1.807, 2.05) is 6.07 Å². The van der Waals surface area contributed by atoms with E-state index in [1.165, 1.54) is 30.4 Å². The summed E-state index contributed by atoms with van der Waals surface area (Å²) in [6.45, 7) is 0. The summed E-state index contributed by atoms with van der Waals surface area (Å²) in [5.41, 5.74) is 2.97. The summed E-state index contributed by atoms with van der Waals surface area (Å²) in [7, 11) is 0. The Balaban J connectivity index is 1.53. The molecule has 1 heterocycles. The van der Waals surface area contributed by atoms with Gasteiger partial charge in [-0.15, -0.1) is 13.2 Å². The number of anilines is 1. The fraction of sp³-hybridized carbons (Fsp3) is 0.333.